The second-order valence-corrected chi connectivity index (χ2v) is 7.82. The summed E-state index contributed by atoms with van der Waals surface area (Å²) in [6, 6.07) is 14.0. The van der Waals surface area contributed by atoms with Gasteiger partial charge in [0.15, 0.2) is 4.32 Å². The van der Waals surface area contributed by atoms with E-state index in [-0.39, 0.29) is 4.32 Å². The van der Waals surface area contributed by atoms with Gasteiger partial charge in [-0.1, -0.05) is 59.8 Å². The number of thiocarbonyl (C=S) groups is 1. The number of imide groups is 1. The van der Waals surface area contributed by atoms with Gasteiger partial charge in [-0.15, -0.1) is 0 Å². The number of amides is 2. The molecule has 1 saturated heterocycles. The van der Waals surface area contributed by atoms with Crippen LogP contribution in [-0.4, -0.2) is 21.0 Å². The summed E-state index contributed by atoms with van der Waals surface area (Å²) in [5, 5.41) is 0.615. The van der Waals surface area contributed by atoms with Crippen LogP contribution in [0.4, 0.5) is 0 Å². The Kier molecular flexibility index (Phi) is 5.20. The Bertz CT molecular complexity index is 880. The van der Waals surface area contributed by atoms with Gasteiger partial charge in [0.05, 0.1) is 10.5 Å². The summed E-state index contributed by atoms with van der Waals surface area (Å²) in [6.45, 7) is 0. The molecule has 2 aromatic carbocycles. The van der Waals surface area contributed by atoms with Crippen LogP contribution in [0.5, 0.6) is 0 Å². The molecule has 0 unspecified atom stereocenters. The van der Waals surface area contributed by atoms with Crippen molar-refractivity contribution in [1.29, 1.82) is 0 Å². The van der Waals surface area contributed by atoms with Crippen LogP contribution in [0.15, 0.2) is 57.9 Å². The van der Waals surface area contributed by atoms with E-state index in [0.29, 0.717) is 20.0 Å². The number of carbonyl (C=O) groups is 2. The Hall–Kier alpha value is -1.47. The zero-order valence-corrected chi connectivity index (χ0v) is 16.0. The number of halogens is 2. The molecule has 24 heavy (non-hydrogen) atoms. The summed E-state index contributed by atoms with van der Waals surface area (Å²) in [5.74, 6) is -0.856. The lowest BCUT2D eigenvalue weighted by Crippen LogP contribution is -2.34. The van der Waals surface area contributed by atoms with E-state index in [1.54, 1.807) is 54.6 Å². The monoisotopic (exact) mass is 437 g/mol. The van der Waals surface area contributed by atoms with E-state index < -0.39 is 11.8 Å². The normalized spacial score (nSPS) is 16.1. The highest BCUT2D eigenvalue weighted by Gasteiger charge is 2.37. The van der Waals surface area contributed by atoms with Crippen LogP contribution < -0.4 is 0 Å². The van der Waals surface area contributed by atoms with Crippen LogP contribution in [0, 0.1) is 0 Å². The summed E-state index contributed by atoms with van der Waals surface area (Å²) in [4.78, 5) is 26.7. The lowest BCUT2D eigenvalue weighted by molar-refractivity contribution is -0.120. The van der Waals surface area contributed by atoms with Crippen molar-refractivity contribution in [2.75, 3.05) is 0 Å². The van der Waals surface area contributed by atoms with Crippen molar-refractivity contribution in [3.63, 3.8) is 0 Å². The first kappa shape index (κ1) is 17.4. The molecule has 1 heterocycles. The van der Waals surface area contributed by atoms with Crippen molar-refractivity contribution < 1.29 is 9.59 Å². The van der Waals surface area contributed by atoms with E-state index in [1.165, 1.54) is 0 Å². The molecule has 2 aromatic rings. The second-order valence-electron chi connectivity index (χ2n) is 4.85. The summed E-state index contributed by atoms with van der Waals surface area (Å²) in [6.07, 6.45) is 1.70. The Morgan fingerprint density at radius 1 is 1.17 bits per heavy atom. The lowest BCUT2D eigenvalue weighted by atomic mass is 10.2. The summed E-state index contributed by atoms with van der Waals surface area (Å²) < 4.78 is 0.840. The first-order valence-electron chi connectivity index (χ1n) is 6.80. The van der Waals surface area contributed by atoms with Crippen LogP contribution in [0.3, 0.4) is 0 Å². The van der Waals surface area contributed by atoms with Gasteiger partial charge < -0.3 is 0 Å². The highest BCUT2D eigenvalue weighted by atomic mass is 79.9. The smallest absolute Gasteiger partial charge is 0.268 e. The van der Waals surface area contributed by atoms with Gasteiger partial charge in [-0.3, -0.25) is 9.59 Å². The number of carbonyl (C=O) groups excluding carboxylic acids is 2. The van der Waals surface area contributed by atoms with Gasteiger partial charge in [-0.05, 0) is 51.8 Å². The fourth-order valence-corrected chi connectivity index (χ4v) is 3.94. The Labute approximate surface area is 161 Å². The van der Waals surface area contributed by atoms with Gasteiger partial charge >= 0.3 is 0 Å². The van der Waals surface area contributed by atoms with Gasteiger partial charge in [0.25, 0.3) is 11.8 Å². The Morgan fingerprint density at radius 2 is 1.83 bits per heavy atom. The van der Waals surface area contributed by atoms with E-state index in [9.17, 15) is 9.59 Å². The summed E-state index contributed by atoms with van der Waals surface area (Å²) in [7, 11) is 0. The molecule has 1 aliphatic rings. The zero-order valence-electron chi connectivity index (χ0n) is 12.0. The maximum atomic E-state index is 12.7. The number of nitrogens with zero attached hydrogens (tertiary/aromatic N) is 1. The van der Waals surface area contributed by atoms with E-state index in [0.717, 1.165) is 22.2 Å². The number of rotatable bonds is 2. The fraction of sp³-hybridized carbons (Fsp3) is 0. The van der Waals surface area contributed by atoms with Crippen molar-refractivity contribution in [3.05, 3.63) is 74.1 Å². The van der Waals surface area contributed by atoms with Gasteiger partial charge in [-0.25, -0.2) is 4.90 Å². The Balaban J connectivity index is 1.91. The van der Waals surface area contributed by atoms with Gasteiger partial charge in [0.2, 0.25) is 0 Å². The number of hydrogen-bond acceptors (Lipinski definition) is 4. The molecule has 0 atom stereocenters. The van der Waals surface area contributed by atoms with Gasteiger partial charge in [0.1, 0.15) is 0 Å². The van der Waals surface area contributed by atoms with E-state index in [2.05, 4.69) is 15.9 Å². The summed E-state index contributed by atoms with van der Waals surface area (Å²) in [5.41, 5.74) is 1.20. The minimum atomic E-state index is -0.440. The molecular weight excluding hydrogens is 430 g/mol. The lowest BCUT2D eigenvalue weighted by Gasteiger charge is -2.13. The number of benzene rings is 2. The predicted molar refractivity (Wildman–Crippen MR) is 105 cm³/mol. The zero-order chi connectivity index (χ0) is 17.3. The van der Waals surface area contributed by atoms with Crippen LogP contribution in [-0.2, 0) is 4.79 Å². The number of thioether (sulfide) groups is 1. The average Bonchev–Trinajstić information content (AvgIpc) is 2.83. The first-order valence-corrected chi connectivity index (χ1v) is 9.19. The molecule has 0 N–H and O–H groups in total. The molecule has 2 amide bonds. The van der Waals surface area contributed by atoms with Crippen LogP contribution in [0.25, 0.3) is 6.08 Å². The van der Waals surface area contributed by atoms with Gasteiger partial charge in [0, 0.05) is 9.50 Å². The van der Waals surface area contributed by atoms with Crippen molar-refractivity contribution in [2.24, 2.45) is 0 Å². The van der Waals surface area contributed by atoms with Crippen molar-refractivity contribution >= 4 is 73.7 Å². The molecule has 120 valence electrons. The van der Waals surface area contributed by atoms with Gasteiger partial charge in [-0.2, -0.15) is 0 Å². The van der Waals surface area contributed by atoms with Crippen LogP contribution in [0.1, 0.15) is 15.9 Å². The van der Waals surface area contributed by atoms with Crippen LogP contribution >= 0.6 is 51.5 Å². The minimum absolute atomic E-state index is 0.223. The van der Waals surface area contributed by atoms with Crippen molar-refractivity contribution in [1.82, 2.24) is 4.90 Å². The third kappa shape index (κ3) is 3.47. The maximum Gasteiger partial charge on any atom is 0.273 e. The quantitative estimate of drug-likeness (QED) is 0.369. The molecule has 0 aromatic heterocycles. The minimum Gasteiger partial charge on any atom is -0.268 e. The molecule has 0 aliphatic carbocycles. The predicted octanol–water partition coefficient (Wildman–Crippen LogP) is 5.14. The third-order valence-electron chi connectivity index (χ3n) is 3.27. The van der Waals surface area contributed by atoms with E-state index in [4.69, 9.17) is 23.8 Å². The highest BCUT2D eigenvalue weighted by molar-refractivity contribution is 9.10. The van der Waals surface area contributed by atoms with E-state index in [1.807, 2.05) is 0 Å². The molecule has 1 aliphatic heterocycles. The molecule has 0 bridgehead atoms. The molecular formula is C17H9BrClNO2S2. The molecule has 0 spiro atoms. The van der Waals surface area contributed by atoms with Crippen LogP contribution in [0.2, 0.25) is 5.02 Å². The fourth-order valence-electron chi connectivity index (χ4n) is 2.11. The van der Waals surface area contributed by atoms with E-state index >= 15 is 0 Å². The molecule has 0 radical (unpaired) electrons. The number of hydrogen-bond donors (Lipinski definition) is 0. The van der Waals surface area contributed by atoms with Crippen molar-refractivity contribution in [2.45, 2.75) is 0 Å². The topological polar surface area (TPSA) is 37.4 Å². The standard InChI is InChI=1S/C17H9BrClNO2S2/c18-13-4-2-1-3-12(13)15(21)20-16(22)14(24-17(20)23)9-10-5-7-11(19)8-6-10/h1-9H/b14-9+. The maximum absolute atomic E-state index is 12.7. The molecule has 3 nitrogen and oxygen atoms in total. The summed E-state index contributed by atoms with van der Waals surface area (Å²) >= 11 is 15.5. The molecule has 3 rings (SSSR count). The Morgan fingerprint density at radius 3 is 2.50 bits per heavy atom. The largest absolute Gasteiger partial charge is 0.273 e. The molecule has 7 heteroatoms. The third-order valence-corrected chi connectivity index (χ3v) is 5.51. The molecule has 0 saturated carbocycles. The average molecular weight is 439 g/mol. The highest BCUT2D eigenvalue weighted by Crippen LogP contribution is 2.34. The SMILES string of the molecule is O=C1/C(=C\c2ccc(Cl)cc2)SC(=S)N1C(=O)c1ccccc1Br. The van der Waals surface area contributed by atoms with Crippen molar-refractivity contribution in [3.8, 4) is 0 Å². The molecule has 1 fully saturated rings. The first-order chi connectivity index (χ1) is 11.5. The second kappa shape index (κ2) is 7.19.